The number of unbranched alkanes of at least 4 members (excludes halogenated alkanes) is 1. The monoisotopic (exact) mass is 415 g/mol. The van der Waals surface area contributed by atoms with Crippen molar-refractivity contribution in [2.45, 2.75) is 123 Å². The molecule has 0 radical (unpaired) electrons. The molecule has 0 aromatic carbocycles. The van der Waals surface area contributed by atoms with Crippen LogP contribution in [0.2, 0.25) is 0 Å². The van der Waals surface area contributed by atoms with Crippen LogP contribution in [0.3, 0.4) is 0 Å². The first-order valence-corrected chi connectivity index (χ1v) is 12.8. The van der Waals surface area contributed by atoms with E-state index in [-0.39, 0.29) is 11.1 Å². The maximum Gasteiger partial charge on any atom is 0.524 e. The molecule has 1 aliphatic carbocycles. The largest absolute Gasteiger partial charge is 0.524 e. The van der Waals surface area contributed by atoms with E-state index in [0.29, 0.717) is 25.0 Å². The average Bonchev–Trinajstić information content (AvgIpc) is 2.62. The van der Waals surface area contributed by atoms with Crippen LogP contribution in [0.25, 0.3) is 0 Å². The van der Waals surface area contributed by atoms with Gasteiger partial charge in [-0.15, -0.1) is 4.52 Å². The second-order valence-corrected chi connectivity index (χ2v) is 11.1. The lowest BCUT2D eigenvalue weighted by molar-refractivity contribution is -0.314. The van der Waals surface area contributed by atoms with Crippen molar-refractivity contribution in [3.05, 3.63) is 0 Å². The molecule has 0 amide bonds. The van der Waals surface area contributed by atoms with E-state index in [1.165, 1.54) is 32.1 Å². The lowest BCUT2D eigenvalue weighted by Crippen LogP contribution is -2.64. The molecule has 0 aromatic rings. The van der Waals surface area contributed by atoms with Gasteiger partial charge in [0.2, 0.25) is 6.29 Å². The van der Waals surface area contributed by atoms with Crippen molar-refractivity contribution in [1.29, 1.82) is 0 Å². The third-order valence-electron chi connectivity index (χ3n) is 6.26. The van der Waals surface area contributed by atoms with Gasteiger partial charge in [0, 0.05) is 23.7 Å². The highest BCUT2D eigenvalue weighted by Crippen LogP contribution is 2.43. The van der Waals surface area contributed by atoms with E-state index in [4.69, 9.17) is 9.36 Å². The van der Waals surface area contributed by atoms with Crippen LogP contribution >= 0.6 is 8.03 Å². The summed E-state index contributed by atoms with van der Waals surface area (Å²) in [5, 5.41) is 2.31. The van der Waals surface area contributed by atoms with E-state index in [0.717, 1.165) is 32.2 Å². The molecule has 164 valence electrons. The zero-order valence-corrected chi connectivity index (χ0v) is 20.1. The van der Waals surface area contributed by atoms with E-state index < -0.39 is 8.03 Å². The SMILES string of the molecule is CCCCN(C[P+](=O)OCC)C1CC(C)(C)N(OC2CCCCC2)C(C)(C)C1. The van der Waals surface area contributed by atoms with Crippen LogP contribution in [0.5, 0.6) is 0 Å². The fourth-order valence-electron chi connectivity index (χ4n) is 5.14. The summed E-state index contributed by atoms with van der Waals surface area (Å²) < 4.78 is 17.8. The van der Waals surface area contributed by atoms with Gasteiger partial charge in [-0.05, 0) is 71.3 Å². The van der Waals surface area contributed by atoms with Gasteiger partial charge in [0.05, 0.1) is 12.7 Å². The van der Waals surface area contributed by atoms with Gasteiger partial charge in [-0.25, -0.2) is 0 Å². The number of hydrogen-bond acceptors (Lipinski definition) is 5. The maximum absolute atomic E-state index is 12.4. The van der Waals surface area contributed by atoms with Crippen molar-refractivity contribution in [2.75, 3.05) is 19.4 Å². The minimum atomic E-state index is -1.62. The van der Waals surface area contributed by atoms with Crippen molar-refractivity contribution < 1.29 is 13.9 Å². The van der Waals surface area contributed by atoms with Gasteiger partial charge in [-0.2, -0.15) is 5.06 Å². The highest BCUT2D eigenvalue weighted by Gasteiger charge is 2.49. The molecular weight excluding hydrogens is 371 g/mol. The van der Waals surface area contributed by atoms with Crippen molar-refractivity contribution in [1.82, 2.24) is 9.96 Å². The van der Waals surface area contributed by atoms with Crippen LogP contribution in [0, 0.1) is 0 Å². The molecule has 0 N–H and O–H groups in total. The number of nitrogens with zero attached hydrogens (tertiary/aromatic N) is 2. The molecule has 6 heteroatoms. The van der Waals surface area contributed by atoms with Crippen LogP contribution in [-0.2, 0) is 13.9 Å². The fourth-order valence-corrected chi connectivity index (χ4v) is 6.18. The minimum Gasteiger partial charge on any atom is -0.295 e. The first kappa shape index (κ1) is 24.2. The Hall–Kier alpha value is -0.0600. The van der Waals surface area contributed by atoms with Crippen LogP contribution in [0.15, 0.2) is 0 Å². The Morgan fingerprint density at radius 3 is 2.18 bits per heavy atom. The van der Waals surface area contributed by atoms with Crippen LogP contribution < -0.4 is 0 Å². The van der Waals surface area contributed by atoms with Gasteiger partial charge in [-0.3, -0.25) is 9.74 Å². The normalized spacial score (nSPS) is 24.6. The summed E-state index contributed by atoms with van der Waals surface area (Å²) in [6.07, 6.45) is 11.6. The molecule has 1 heterocycles. The highest BCUT2D eigenvalue weighted by molar-refractivity contribution is 7.39. The van der Waals surface area contributed by atoms with Gasteiger partial charge in [0.1, 0.15) is 0 Å². The quantitative estimate of drug-likeness (QED) is 0.403. The summed E-state index contributed by atoms with van der Waals surface area (Å²) >= 11 is 0. The maximum atomic E-state index is 12.4. The molecule has 2 aliphatic rings. The molecule has 28 heavy (non-hydrogen) atoms. The highest BCUT2D eigenvalue weighted by atomic mass is 31.1. The average molecular weight is 416 g/mol. The molecule has 1 atom stereocenters. The number of piperidine rings is 1. The lowest BCUT2D eigenvalue weighted by Gasteiger charge is -2.56. The van der Waals surface area contributed by atoms with Crippen LogP contribution in [0.1, 0.15) is 99.3 Å². The van der Waals surface area contributed by atoms with E-state index in [1.54, 1.807) is 0 Å². The first-order chi connectivity index (χ1) is 13.2. The molecule has 2 fully saturated rings. The molecule has 2 rings (SSSR count). The van der Waals surface area contributed by atoms with Gasteiger partial charge >= 0.3 is 8.03 Å². The third kappa shape index (κ3) is 6.74. The molecular formula is C22H44N2O3P+. The Kier molecular flexibility index (Phi) is 9.35. The number of rotatable bonds is 10. The summed E-state index contributed by atoms with van der Waals surface area (Å²) in [6.45, 7) is 14.9. The topological polar surface area (TPSA) is 42.0 Å². The van der Waals surface area contributed by atoms with E-state index in [1.807, 2.05) is 6.92 Å². The zero-order chi connectivity index (χ0) is 20.8. The van der Waals surface area contributed by atoms with Gasteiger partial charge in [-0.1, -0.05) is 32.6 Å². The van der Waals surface area contributed by atoms with E-state index in [2.05, 4.69) is 44.6 Å². The Bertz CT molecular complexity index is 474. The second-order valence-electron chi connectivity index (χ2n) is 9.90. The molecule has 0 bridgehead atoms. The molecule has 1 unspecified atom stereocenters. The van der Waals surface area contributed by atoms with Crippen LogP contribution in [-0.4, -0.2) is 52.6 Å². The molecule has 1 saturated carbocycles. The summed E-state index contributed by atoms with van der Waals surface area (Å²) in [4.78, 5) is 9.05. The Labute approximate surface area is 174 Å². The smallest absolute Gasteiger partial charge is 0.295 e. The van der Waals surface area contributed by atoms with Crippen molar-refractivity contribution >= 4 is 8.03 Å². The number of hydroxylamine groups is 2. The number of hydrogen-bond donors (Lipinski definition) is 0. The Morgan fingerprint density at radius 2 is 1.64 bits per heavy atom. The molecule has 5 nitrogen and oxygen atoms in total. The Morgan fingerprint density at radius 1 is 1.04 bits per heavy atom. The minimum absolute atomic E-state index is 0.0500. The third-order valence-corrected chi connectivity index (χ3v) is 7.40. The summed E-state index contributed by atoms with van der Waals surface area (Å²) in [6, 6.07) is 0.405. The van der Waals surface area contributed by atoms with E-state index in [9.17, 15) is 4.57 Å². The van der Waals surface area contributed by atoms with Gasteiger partial charge in [0.15, 0.2) is 0 Å². The summed E-state index contributed by atoms with van der Waals surface area (Å²) in [5.74, 6) is 0. The van der Waals surface area contributed by atoms with E-state index >= 15 is 0 Å². The summed E-state index contributed by atoms with van der Waals surface area (Å²) in [7, 11) is -1.62. The first-order valence-electron chi connectivity index (χ1n) is 11.5. The van der Waals surface area contributed by atoms with Gasteiger partial charge in [0.25, 0.3) is 0 Å². The molecule has 0 spiro atoms. The zero-order valence-electron chi connectivity index (χ0n) is 19.2. The molecule has 0 aromatic heterocycles. The van der Waals surface area contributed by atoms with Crippen molar-refractivity contribution in [3.8, 4) is 0 Å². The lowest BCUT2D eigenvalue weighted by atomic mass is 9.78. The predicted octanol–water partition coefficient (Wildman–Crippen LogP) is 6.11. The van der Waals surface area contributed by atoms with Crippen molar-refractivity contribution in [3.63, 3.8) is 0 Å². The standard InChI is InChI=1S/C22H44N2O3P/c1-7-9-15-23(18-28(25)26-8-2)19-16-21(3,4)24(22(5,6)17-19)27-20-13-11-10-12-14-20/h19-20H,7-18H2,1-6H3/q+1. The predicted molar refractivity (Wildman–Crippen MR) is 117 cm³/mol. The van der Waals surface area contributed by atoms with Crippen molar-refractivity contribution in [2.24, 2.45) is 0 Å². The molecule has 1 aliphatic heterocycles. The second kappa shape index (κ2) is 10.8. The molecule has 1 saturated heterocycles. The Balaban J connectivity index is 2.11. The van der Waals surface area contributed by atoms with Gasteiger partial charge < -0.3 is 0 Å². The van der Waals surface area contributed by atoms with Crippen LogP contribution in [0.4, 0.5) is 0 Å². The fraction of sp³-hybridized carbons (Fsp3) is 1.00. The summed E-state index contributed by atoms with van der Waals surface area (Å²) in [5.41, 5.74) is -0.100.